The summed E-state index contributed by atoms with van der Waals surface area (Å²) in [5, 5.41) is 11.4. The van der Waals surface area contributed by atoms with Gasteiger partial charge in [0.15, 0.2) is 0 Å². The third-order valence-electron chi connectivity index (χ3n) is 2.09. The van der Waals surface area contributed by atoms with Crippen molar-refractivity contribution in [3.63, 3.8) is 0 Å². The summed E-state index contributed by atoms with van der Waals surface area (Å²) in [6.07, 6.45) is 1.83. The first-order chi connectivity index (χ1) is 8.26. The van der Waals surface area contributed by atoms with E-state index in [-0.39, 0.29) is 12.5 Å². The lowest BCUT2D eigenvalue weighted by atomic mass is 10.2. The van der Waals surface area contributed by atoms with Crippen LogP contribution in [0, 0.1) is 11.8 Å². The van der Waals surface area contributed by atoms with Crippen molar-refractivity contribution < 1.29 is 9.90 Å². The van der Waals surface area contributed by atoms with E-state index in [1.165, 1.54) is 0 Å². The van der Waals surface area contributed by atoms with Crippen LogP contribution in [0.2, 0.25) is 0 Å². The van der Waals surface area contributed by atoms with Gasteiger partial charge in [0.2, 0.25) is 5.91 Å². The molecule has 1 amide bonds. The number of nitrogens with one attached hydrogen (secondary N) is 1. The van der Waals surface area contributed by atoms with Gasteiger partial charge in [0.1, 0.15) is 0 Å². The molecule has 0 saturated heterocycles. The molecule has 0 fully saturated rings. The van der Waals surface area contributed by atoms with Crippen LogP contribution in [0.15, 0.2) is 24.3 Å². The quantitative estimate of drug-likeness (QED) is 0.780. The standard InChI is InChI=1S/C14H17NO2/c1-2-6-14(17)15-13-9-5-8-12(11-13)7-3-4-10-16/h5,8-9,11,16H,2,4,6,10H2,1H3,(H,15,17). The molecule has 2 N–H and O–H groups in total. The molecule has 17 heavy (non-hydrogen) atoms. The molecule has 0 aromatic heterocycles. The van der Waals surface area contributed by atoms with Crippen LogP contribution >= 0.6 is 0 Å². The zero-order chi connectivity index (χ0) is 12.5. The van der Waals surface area contributed by atoms with Crippen LogP contribution in [0.25, 0.3) is 0 Å². The number of rotatable bonds is 4. The summed E-state index contributed by atoms with van der Waals surface area (Å²) in [4.78, 5) is 11.4. The molecule has 0 radical (unpaired) electrons. The van der Waals surface area contributed by atoms with Crippen molar-refractivity contribution in [3.05, 3.63) is 29.8 Å². The van der Waals surface area contributed by atoms with Gasteiger partial charge < -0.3 is 10.4 Å². The van der Waals surface area contributed by atoms with Crippen molar-refractivity contribution >= 4 is 11.6 Å². The highest BCUT2D eigenvalue weighted by Gasteiger charge is 2.00. The maximum Gasteiger partial charge on any atom is 0.224 e. The van der Waals surface area contributed by atoms with E-state index >= 15 is 0 Å². The van der Waals surface area contributed by atoms with Gasteiger partial charge in [-0.25, -0.2) is 0 Å². The maximum absolute atomic E-state index is 11.4. The van der Waals surface area contributed by atoms with Crippen LogP contribution in [0.3, 0.4) is 0 Å². The summed E-state index contributed by atoms with van der Waals surface area (Å²) in [7, 11) is 0. The monoisotopic (exact) mass is 231 g/mol. The van der Waals surface area contributed by atoms with E-state index < -0.39 is 0 Å². The first-order valence-corrected chi connectivity index (χ1v) is 5.76. The average molecular weight is 231 g/mol. The van der Waals surface area contributed by atoms with Crippen molar-refractivity contribution in [1.29, 1.82) is 0 Å². The summed E-state index contributed by atoms with van der Waals surface area (Å²) in [6.45, 7) is 2.04. The van der Waals surface area contributed by atoms with Crippen molar-refractivity contribution in [1.82, 2.24) is 0 Å². The highest BCUT2D eigenvalue weighted by atomic mass is 16.2. The Morgan fingerprint density at radius 2 is 2.29 bits per heavy atom. The Kier molecular flexibility index (Phi) is 5.84. The minimum absolute atomic E-state index is 0.0213. The molecule has 3 nitrogen and oxygen atoms in total. The number of amides is 1. The fourth-order valence-corrected chi connectivity index (χ4v) is 1.35. The van der Waals surface area contributed by atoms with Gasteiger partial charge in [-0.2, -0.15) is 0 Å². The first kappa shape index (κ1) is 13.3. The van der Waals surface area contributed by atoms with Crippen molar-refractivity contribution in [2.75, 3.05) is 11.9 Å². The number of carbonyl (C=O) groups excluding carboxylic acids is 1. The SMILES string of the molecule is CCCC(=O)Nc1cccc(C#CCCO)c1. The molecule has 0 atom stereocenters. The highest BCUT2D eigenvalue weighted by Crippen LogP contribution is 2.10. The van der Waals surface area contributed by atoms with Gasteiger partial charge in [-0.1, -0.05) is 24.8 Å². The lowest BCUT2D eigenvalue weighted by molar-refractivity contribution is -0.116. The zero-order valence-electron chi connectivity index (χ0n) is 9.99. The van der Waals surface area contributed by atoms with Crippen LogP contribution in [-0.2, 0) is 4.79 Å². The fourth-order valence-electron chi connectivity index (χ4n) is 1.35. The van der Waals surface area contributed by atoms with E-state index in [1.54, 1.807) is 0 Å². The number of carbonyl (C=O) groups is 1. The van der Waals surface area contributed by atoms with Gasteiger partial charge in [-0.15, -0.1) is 0 Å². The van der Waals surface area contributed by atoms with Gasteiger partial charge in [0, 0.05) is 24.1 Å². The highest BCUT2D eigenvalue weighted by molar-refractivity contribution is 5.90. The minimum Gasteiger partial charge on any atom is -0.395 e. The molecular weight excluding hydrogens is 214 g/mol. The van der Waals surface area contributed by atoms with Crippen LogP contribution < -0.4 is 5.32 Å². The second kappa shape index (κ2) is 7.48. The third kappa shape index (κ3) is 5.19. The molecule has 1 aromatic carbocycles. The Hall–Kier alpha value is -1.79. The Balaban J connectivity index is 2.66. The maximum atomic E-state index is 11.4. The van der Waals surface area contributed by atoms with Crippen LogP contribution in [0.5, 0.6) is 0 Å². The molecular formula is C14H17NO2. The van der Waals surface area contributed by atoms with Crippen LogP contribution in [-0.4, -0.2) is 17.6 Å². The normalized spacial score (nSPS) is 9.29. The fraction of sp³-hybridized carbons (Fsp3) is 0.357. The number of aliphatic hydroxyl groups is 1. The largest absolute Gasteiger partial charge is 0.395 e. The second-order valence-electron chi connectivity index (χ2n) is 3.65. The Morgan fingerprint density at radius 3 is 3.00 bits per heavy atom. The average Bonchev–Trinajstić information content (AvgIpc) is 2.30. The summed E-state index contributed by atoms with van der Waals surface area (Å²) in [5.74, 6) is 5.80. The van der Waals surface area contributed by atoms with Crippen molar-refractivity contribution in [2.45, 2.75) is 26.2 Å². The van der Waals surface area contributed by atoms with E-state index in [1.807, 2.05) is 31.2 Å². The molecule has 0 spiro atoms. The Labute approximate surface area is 102 Å². The number of hydrogen-bond acceptors (Lipinski definition) is 2. The van der Waals surface area contributed by atoms with Crippen molar-refractivity contribution in [3.8, 4) is 11.8 Å². The zero-order valence-corrected chi connectivity index (χ0v) is 9.99. The molecule has 0 unspecified atom stereocenters. The van der Waals surface area contributed by atoms with E-state index in [9.17, 15) is 4.79 Å². The third-order valence-corrected chi connectivity index (χ3v) is 2.09. The molecule has 90 valence electrons. The molecule has 1 aromatic rings. The minimum atomic E-state index is 0.0213. The molecule has 1 rings (SSSR count). The summed E-state index contributed by atoms with van der Waals surface area (Å²) in [5.41, 5.74) is 1.60. The molecule has 0 saturated carbocycles. The first-order valence-electron chi connectivity index (χ1n) is 5.76. The number of benzene rings is 1. The topological polar surface area (TPSA) is 49.3 Å². The Morgan fingerprint density at radius 1 is 1.47 bits per heavy atom. The number of hydrogen-bond donors (Lipinski definition) is 2. The van der Waals surface area contributed by atoms with E-state index in [2.05, 4.69) is 17.2 Å². The molecule has 0 aliphatic carbocycles. The summed E-state index contributed by atoms with van der Waals surface area (Å²) < 4.78 is 0. The molecule has 0 heterocycles. The number of aliphatic hydroxyl groups excluding tert-OH is 1. The Bertz CT molecular complexity index is 429. The predicted octanol–water partition coefficient (Wildman–Crippen LogP) is 2.16. The molecule has 0 bridgehead atoms. The second-order valence-corrected chi connectivity index (χ2v) is 3.65. The van der Waals surface area contributed by atoms with Crippen LogP contribution in [0.1, 0.15) is 31.7 Å². The molecule has 3 heteroatoms. The summed E-state index contributed by atoms with van der Waals surface area (Å²) in [6, 6.07) is 7.40. The predicted molar refractivity (Wildman–Crippen MR) is 68.6 cm³/mol. The molecule has 0 aliphatic rings. The van der Waals surface area contributed by atoms with Gasteiger partial charge in [-0.05, 0) is 24.6 Å². The van der Waals surface area contributed by atoms with Crippen molar-refractivity contribution in [2.24, 2.45) is 0 Å². The lowest BCUT2D eigenvalue weighted by Crippen LogP contribution is -2.10. The summed E-state index contributed by atoms with van der Waals surface area (Å²) >= 11 is 0. The molecule has 0 aliphatic heterocycles. The van der Waals surface area contributed by atoms with E-state index in [0.717, 1.165) is 17.7 Å². The smallest absolute Gasteiger partial charge is 0.224 e. The van der Waals surface area contributed by atoms with Gasteiger partial charge in [0.25, 0.3) is 0 Å². The lowest BCUT2D eigenvalue weighted by Gasteiger charge is -2.04. The van der Waals surface area contributed by atoms with Gasteiger partial charge >= 0.3 is 0 Å². The van der Waals surface area contributed by atoms with Gasteiger partial charge in [-0.3, -0.25) is 4.79 Å². The van der Waals surface area contributed by atoms with E-state index in [0.29, 0.717) is 12.8 Å². The van der Waals surface area contributed by atoms with Gasteiger partial charge in [0.05, 0.1) is 6.61 Å². The number of anilines is 1. The van der Waals surface area contributed by atoms with E-state index in [4.69, 9.17) is 5.11 Å². The van der Waals surface area contributed by atoms with Crippen LogP contribution in [0.4, 0.5) is 5.69 Å².